The maximum atomic E-state index is 4.75. The van der Waals surface area contributed by atoms with Crippen molar-refractivity contribution in [1.29, 1.82) is 0 Å². The topological polar surface area (TPSA) is 74.8 Å². The van der Waals surface area contributed by atoms with Gasteiger partial charge in [0.2, 0.25) is 0 Å². The number of likely N-dealkylation sites (N-methyl/N-ethyl adjacent to an activating group) is 1. The van der Waals surface area contributed by atoms with Gasteiger partial charge in [0.05, 0.1) is 12.2 Å². The highest BCUT2D eigenvalue weighted by Gasteiger charge is 2.20. The molecule has 0 bridgehead atoms. The molecule has 4 heterocycles. The number of aromatic nitrogens is 5. The van der Waals surface area contributed by atoms with Crippen LogP contribution in [0.5, 0.6) is 0 Å². The monoisotopic (exact) mass is 378 g/mol. The number of aliphatic imine (C=N–C) groups is 1. The summed E-state index contributed by atoms with van der Waals surface area (Å²) in [6, 6.07) is 5.93. The Kier molecular flexibility index (Phi) is 5.29. The Morgan fingerprint density at radius 3 is 2.57 bits per heavy atom. The molecule has 1 aliphatic rings. The molecule has 0 N–H and O–H groups in total. The van der Waals surface area contributed by atoms with Gasteiger partial charge in [0.25, 0.3) is 5.78 Å². The van der Waals surface area contributed by atoms with Gasteiger partial charge in [0, 0.05) is 56.4 Å². The Labute approximate surface area is 165 Å². The SMILES string of the molecule is CC(C)C=NCc1cc(N2CCN(C)CC2)n2nc(-c3ccncc3)nc2n1. The lowest BCUT2D eigenvalue weighted by molar-refractivity contribution is 0.311. The summed E-state index contributed by atoms with van der Waals surface area (Å²) < 4.78 is 1.86. The van der Waals surface area contributed by atoms with E-state index in [0.29, 0.717) is 24.1 Å². The maximum absolute atomic E-state index is 4.75. The van der Waals surface area contributed by atoms with Crippen molar-refractivity contribution < 1.29 is 0 Å². The second-order valence-electron chi connectivity index (χ2n) is 7.51. The summed E-state index contributed by atoms with van der Waals surface area (Å²) in [5.41, 5.74) is 1.84. The van der Waals surface area contributed by atoms with E-state index in [1.807, 2.05) is 22.9 Å². The zero-order valence-electron chi connectivity index (χ0n) is 16.7. The van der Waals surface area contributed by atoms with Crippen LogP contribution >= 0.6 is 0 Å². The van der Waals surface area contributed by atoms with Crippen molar-refractivity contribution in [3.63, 3.8) is 0 Å². The molecular formula is C20H26N8. The quantitative estimate of drug-likeness (QED) is 0.634. The van der Waals surface area contributed by atoms with Crippen molar-refractivity contribution in [2.24, 2.45) is 10.9 Å². The number of hydrogen-bond donors (Lipinski definition) is 0. The molecule has 4 rings (SSSR count). The third-order valence-electron chi connectivity index (χ3n) is 4.77. The molecule has 1 saturated heterocycles. The number of fused-ring (bicyclic) bond motifs is 1. The number of rotatable bonds is 5. The fraction of sp³-hybridized carbons (Fsp3) is 0.450. The summed E-state index contributed by atoms with van der Waals surface area (Å²) in [6.45, 7) is 8.74. The van der Waals surface area contributed by atoms with E-state index in [9.17, 15) is 0 Å². The van der Waals surface area contributed by atoms with Gasteiger partial charge in [-0.15, -0.1) is 5.10 Å². The zero-order chi connectivity index (χ0) is 19.5. The van der Waals surface area contributed by atoms with Crippen molar-refractivity contribution in [2.45, 2.75) is 20.4 Å². The summed E-state index contributed by atoms with van der Waals surface area (Å²) in [5, 5.41) is 4.75. The molecule has 0 aliphatic carbocycles. The molecule has 8 nitrogen and oxygen atoms in total. The summed E-state index contributed by atoms with van der Waals surface area (Å²) in [6.07, 6.45) is 5.47. The highest BCUT2D eigenvalue weighted by molar-refractivity contribution is 5.60. The molecule has 0 aromatic carbocycles. The summed E-state index contributed by atoms with van der Waals surface area (Å²) >= 11 is 0. The van der Waals surface area contributed by atoms with Gasteiger partial charge in [-0.1, -0.05) is 13.8 Å². The van der Waals surface area contributed by atoms with Gasteiger partial charge in [-0.25, -0.2) is 4.98 Å². The molecule has 0 spiro atoms. The number of nitrogens with zero attached hydrogens (tertiary/aromatic N) is 8. The van der Waals surface area contributed by atoms with Crippen molar-refractivity contribution in [1.82, 2.24) is 29.5 Å². The molecule has 8 heteroatoms. The Hall–Kier alpha value is -2.87. The average Bonchev–Trinajstić information content (AvgIpc) is 3.13. The van der Waals surface area contributed by atoms with Crippen LogP contribution in [0.4, 0.5) is 5.82 Å². The summed E-state index contributed by atoms with van der Waals surface area (Å²) in [5.74, 6) is 2.72. The van der Waals surface area contributed by atoms with Crippen LogP contribution in [-0.2, 0) is 6.54 Å². The van der Waals surface area contributed by atoms with Crippen LogP contribution in [0.2, 0.25) is 0 Å². The first kappa shape index (κ1) is 18.5. The van der Waals surface area contributed by atoms with Crippen molar-refractivity contribution in [3.05, 3.63) is 36.3 Å². The fourth-order valence-corrected chi connectivity index (χ4v) is 3.22. The number of pyridine rings is 1. The molecule has 1 fully saturated rings. The molecule has 0 amide bonds. The lowest BCUT2D eigenvalue weighted by Crippen LogP contribution is -2.45. The first-order valence-electron chi connectivity index (χ1n) is 9.70. The van der Waals surface area contributed by atoms with Crippen LogP contribution in [0.15, 0.2) is 35.6 Å². The molecule has 28 heavy (non-hydrogen) atoms. The minimum absolute atomic E-state index is 0.423. The van der Waals surface area contributed by atoms with Crippen LogP contribution in [0.1, 0.15) is 19.5 Å². The van der Waals surface area contributed by atoms with E-state index in [1.54, 1.807) is 12.4 Å². The van der Waals surface area contributed by atoms with Crippen LogP contribution < -0.4 is 4.90 Å². The van der Waals surface area contributed by atoms with Gasteiger partial charge in [0.1, 0.15) is 5.82 Å². The van der Waals surface area contributed by atoms with E-state index in [1.165, 1.54) is 0 Å². The van der Waals surface area contributed by atoms with Gasteiger partial charge < -0.3 is 9.80 Å². The largest absolute Gasteiger partial charge is 0.354 e. The maximum Gasteiger partial charge on any atom is 0.254 e. The second-order valence-corrected chi connectivity index (χ2v) is 7.51. The van der Waals surface area contributed by atoms with Crippen molar-refractivity contribution >= 4 is 17.8 Å². The Morgan fingerprint density at radius 2 is 1.86 bits per heavy atom. The van der Waals surface area contributed by atoms with Crippen molar-refractivity contribution in [3.8, 4) is 11.4 Å². The van der Waals surface area contributed by atoms with Crippen LogP contribution in [0, 0.1) is 5.92 Å². The van der Waals surface area contributed by atoms with Gasteiger partial charge in [-0.2, -0.15) is 9.50 Å². The Balaban J connectivity index is 1.75. The van der Waals surface area contributed by atoms with E-state index < -0.39 is 0 Å². The van der Waals surface area contributed by atoms with Crippen LogP contribution in [0.25, 0.3) is 17.2 Å². The first-order chi connectivity index (χ1) is 13.6. The third kappa shape index (κ3) is 4.01. The summed E-state index contributed by atoms with van der Waals surface area (Å²) in [4.78, 5) is 22.7. The van der Waals surface area contributed by atoms with E-state index >= 15 is 0 Å². The third-order valence-corrected chi connectivity index (χ3v) is 4.77. The van der Waals surface area contributed by atoms with Gasteiger partial charge >= 0.3 is 0 Å². The first-order valence-corrected chi connectivity index (χ1v) is 9.70. The minimum atomic E-state index is 0.423. The van der Waals surface area contributed by atoms with E-state index in [4.69, 9.17) is 10.1 Å². The number of hydrogen-bond acceptors (Lipinski definition) is 7. The lowest BCUT2D eigenvalue weighted by atomic mass is 10.2. The molecule has 0 unspecified atom stereocenters. The van der Waals surface area contributed by atoms with E-state index in [2.05, 4.69) is 51.7 Å². The Morgan fingerprint density at radius 1 is 1.11 bits per heavy atom. The van der Waals surface area contributed by atoms with Crippen LogP contribution in [-0.4, -0.2) is 68.9 Å². The van der Waals surface area contributed by atoms with Gasteiger partial charge in [-0.3, -0.25) is 9.98 Å². The van der Waals surface area contributed by atoms with E-state index in [0.717, 1.165) is 43.3 Å². The molecule has 3 aromatic rings. The molecule has 146 valence electrons. The normalized spacial score (nSPS) is 15.9. The molecule has 3 aromatic heterocycles. The molecule has 1 aliphatic heterocycles. The zero-order valence-corrected chi connectivity index (χ0v) is 16.7. The highest BCUT2D eigenvalue weighted by atomic mass is 15.4. The predicted octanol–water partition coefficient (Wildman–Crippen LogP) is 2.16. The molecule has 0 radical (unpaired) electrons. The lowest BCUT2D eigenvalue weighted by Gasteiger charge is -2.33. The number of piperazine rings is 1. The second kappa shape index (κ2) is 8.02. The summed E-state index contributed by atoms with van der Waals surface area (Å²) in [7, 11) is 2.16. The molecule has 0 atom stereocenters. The predicted molar refractivity (Wildman–Crippen MR) is 111 cm³/mol. The fourth-order valence-electron chi connectivity index (χ4n) is 3.22. The minimum Gasteiger partial charge on any atom is -0.354 e. The highest BCUT2D eigenvalue weighted by Crippen LogP contribution is 2.22. The average molecular weight is 378 g/mol. The molecule has 0 saturated carbocycles. The molecular weight excluding hydrogens is 352 g/mol. The smallest absolute Gasteiger partial charge is 0.254 e. The van der Waals surface area contributed by atoms with Crippen LogP contribution in [0.3, 0.4) is 0 Å². The Bertz CT molecular complexity index is 955. The van der Waals surface area contributed by atoms with E-state index in [-0.39, 0.29) is 0 Å². The van der Waals surface area contributed by atoms with Crippen molar-refractivity contribution in [2.75, 3.05) is 38.1 Å². The van der Waals surface area contributed by atoms with Gasteiger partial charge in [0.15, 0.2) is 5.82 Å². The number of anilines is 1. The standard InChI is InChI=1S/C20H26N8/c1-15(2)13-22-14-17-12-18(27-10-8-26(3)9-11-27)28-20(23-17)24-19(25-28)16-4-6-21-7-5-16/h4-7,12-13,15H,8-11,14H2,1-3H3. The van der Waals surface area contributed by atoms with Gasteiger partial charge in [-0.05, 0) is 25.1 Å².